The minimum absolute atomic E-state index is 0.0108. The van der Waals surface area contributed by atoms with Gasteiger partial charge in [0, 0.05) is 16.1 Å². The third-order valence-corrected chi connectivity index (χ3v) is 3.05. The Labute approximate surface area is 79.3 Å². The van der Waals surface area contributed by atoms with Crippen molar-refractivity contribution in [1.82, 2.24) is 0 Å². The van der Waals surface area contributed by atoms with E-state index in [1.165, 1.54) is 12.3 Å². The Bertz CT molecular complexity index is 541. The molecule has 0 N–H and O–H groups in total. The van der Waals surface area contributed by atoms with E-state index in [2.05, 4.69) is 0 Å². The van der Waals surface area contributed by atoms with Gasteiger partial charge in [0.2, 0.25) is 0 Å². The van der Waals surface area contributed by atoms with Crippen LogP contribution in [-0.2, 0) is 9.05 Å². The second-order valence-electron chi connectivity index (χ2n) is 2.53. The summed E-state index contributed by atoms with van der Waals surface area (Å²) < 4.78 is 27.1. The molecule has 0 radical (unpaired) electrons. The van der Waals surface area contributed by atoms with Crippen molar-refractivity contribution in [2.24, 2.45) is 0 Å². The normalized spacial score (nSPS) is 12.1. The Hall–Kier alpha value is -1.00. The number of benzene rings is 1. The second kappa shape index (κ2) is 2.75. The molecule has 0 atom stereocenters. The molecule has 1 aromatic carbocycles. The van der Waals surface area contributed by atoms with Crippen LogP contribution in [0.25, 0.3) is 11.0 Å². The highest BCUT2D eigenvalue weighted by atomic mass is 35.7. The van der Waals surface area contributed by atoms with E-state index in [9.17, 15) is 8.42 Å². The van der Waals surface area contributed by atoms with Gasteiger partial charge in [-0.05, 0) is 12.1 Å². The van der Waals surface area contributed by atoms with Crippen LogP contribution < -0.4 is 0 Å². The molecule has 2 rings (SSSR count). The molecule has 0 spiro atoms. The maximum atomic E-state index is 11.1. The highest BCUT2D eigenvalue weighted by Gasteiger charge is 2.15. The van der Waals surface area contributed by atoms with Crippen molar-refractivity contribution < 1.29 is 12.8 Å². The lowest BCUT2D eigenvalue weighted by atomic mass is 10.3. The molecular formula is C8H5ClO3S. The fourth-order valence-corrected chi connectivity index (χ4v) is 2.15. The summed E-state index contributed by atoms with van der Waals surface area (Å²) in [5.74, 6) is 0. The molecule has 5 heteroatoms. The third-order valence-electron chi connectivity index (χ3n) is 1.71. The average Bonchev–Trinajstić information content (AvgIpc) is 2.48. The minimum Gasteiger partial charge on any atom is -0.463 e. The molecule has 0 amide bonds. The number of hydrogen-bond acceptors (Lipinski definition) is 3. The largest absolute Gasteiger partial charge is 0.463 e. The fourth-order valence-electron chi connectivity index (χ4n) is 1.16. The Morgan fingerprint density at radius 2 is 2.00 bits per heavy atom. The summed E-state index contributed by atoms with van der Waals surface area (Å²) >= 11 is 0. The zero-order valence-corrected chi connectivity index (χ0v) is 7.97. The van der Waals surface area contributed by atoms with Crippen LogP contribution in [-0.4, -0.2) is 8.42 Å². The van der Waals surface area contributed by atoms with Crippen LogP contribution in [0.1, 0.15) is 0 Å². The first kappa shape index (κ1) is 8.59. The summed E-state index contributed by atoms with van der Waals surface area (Å²) in [7, 11) is 1.49. The van der Waals surface area contributed by atoms with Crippen molar-refractivity contribution in [3.05, 3.63) is 30.5 Å². The van der Waals surface area contributed by atoms with Gasteiger partial charge in [-0.3, -0.25) is 0 Å². The van der Waals surface area contributed by atoms with Crippen LogP contribution >= 0.6 is 10.7 Å². The van der Waals surface area contributed by atoms with E-state index in [1.54, 1.807) is 18.2 Å². The topological polar surface area (TPSA) is 47.3 Å². The molecule has 0 aliphatic rings. The quantitative estimate of drug-likeness (QED) is 0.688. The van der Waals surface area contributed by atoms with Gasteiger partial charge in [-0.15, -0.1) is 0 Å². The zero-order valence-electron chi connectivity index (χ0n) is 6.40. The number of furan rings is 1. The summed E-state index contributed by atoms with van der Waals surface area (Å²) in [5.41, 5.74) is 0.303. The average molecular weight is 217 g/mol. The molecule has 0 saturated heterocycles. The molecule has 0 aliphatic carbocycles. The molecule has 0 bridgehead atoms. The Balaban J connectivity index is 2.91. The van der Waals surface area contributed by atoms with Crippen molar-refractivity contribution in [2.45, 2.75) is 4.90 Å². The van der Waals surface area contributed by atoms with E-state index in [1.807, 2.05) is 0 Å². The molecule has 68 valence electrons. The van der Waals surface area contributed by atoms with Crippen LogP contribution in [0.15, 0.2) is 39.8 Å². The molecule has 0 aliphatic heterocycles. The summed E-state index contributed by atoms with van der Waals surface area (Å²) in [6, 6.07) is 6.46. The maximum Gasteiger partial charge on any atom is 0.265 e. The van der Waals surface area contributed by atoms with Crippen LogP contribution in [0.4, 0.5) is 0 Å². The third kappa shape index (κ3) is 1.43. The van der Waals surface area contributed by atoms with Crippen molar-refractivity contribution >= 4 is 30.7 Å². The van der Waals surface area contributed by atoms with Crippen molar-refractivity contribution in [1.29, 1.82) is 0 Å². The van der Waals surface area contributed by atoms with Gasteiger partial charge < -0.3 is 4.42 Å². The molecular weight excluding hydrogens is 212 g/mol. The molecule has 0 unspecified atom stereocenters. The molecule has 1 aromatic heterocycles. The van der Waals surface area contributed by atoms with E-state index in [0.29, 0.717) is 5.58 Å². The van der Waals surface area contributed by atoms with Gasteiger partial charge in [-0.2, -0.15) is 0 Å². The second-order valence-corrected chi connectivity index (χ2v) is 5.07. The molecule has 2 aromatic rings. The van der Waals surface area contributed by atoms with E-state index in [-0.39, 0.29) is 4.90 Å². The zero-order chi connectivity index (χ0) is 9.47. The smallest absolute Gasteiger partial charge is 0.265 e. The minimum atomic E-state index is -3.72. The lowest BCUT2D eigenvalue weighted by Gasteiger charge is -1.95. The molecule has 3 nitrogen and oxygen atoms in total. The van der Waals surface area contributed by atoms with Crippen molar-refractivity contribution in [3.63, 3.8) is 0 Å². The molecule has 1 heterocycles. The van der Waals surface area contributed by atoms with Crippen molar-refractivity contribution in [3.8, 4) is 0 Å². The highest BCUT2D eigenvalue weighted by molar-refractivity contribution is 8.13. The Morgan fingerprint density at radius 1 is 1.23 bits per heavy atom. The fraction of sp³-hybridized carbons (Fsp3) is 0. The van der Waals surface area contributed by atoms with Crippen LogP contribution in [0, 0.1) is 0 Å². The Kier molecular flexibility index (Phi) is 1.82. The standard InChI is InChI=1S/C8H5ClO3S/c9-13(10,11)7-3-1-2-6-4-5-12-8(6)7/h1-5H. The van der Waals surface area contributed by atoms with E-state index < -0.39 is 9.05 Å². The lowest BCUT2D eigenvalue weighted by Crippen LogP contribution is -1.89. The summed E-state index contributed by atoms with van der Waals surface area (Å²) in [6.45, 7) is 0. The van der Waals surface area contributed by atoms with E-state index in [0.717, 1.165) is 5.39 Å². The number of fused-ring (bicyclic) bond motifs is 1. The van der Waals surface area contributed by atoms with E-state index in [4.69, 9.17) is 15.1 Å². The first-order valence-electron chi connectivity index (χ1n) is 3.50. The summed E-state index contributed by atoms with van der Waals surface area (Å²) in [4.78, 5) is 0.0108. The van der Waals surface area contributed by atoms with Gasteiger partial charge in [-0.1, -0.05) is 12.1 Å². The lowest BCUT2D eigenvalue weighted by molar-refractivity contribution is 0.593. The first-order valence-corrected chi connectivity index (χ1v) is 5.81. The number of halogens is 1. The highest BCUT2D eigenvalue weighted by Crippen LogP contribution is 2.26. The van der Waals surface area contributed by atoms with E-state index >= 15 is 0 Å². The summed E-state index contributed by atoms with van der Waals surface area (Å²) in [6.07, 6.45) is 1.43. The Morgan fingerprint density at radius 3 is 2.69 bits per heavy atom. The van der Waals surface area contributed by atoms with Gasteiger partial charge >= 0.3 is 0 Å². The molecule has 13 heavy (non-hydrogen) atoms. The molecule has 0 saturated carbocycles. The summed E-state index contributed by atoms with van der Waals surface area (Å²) in [5, 5.41) is 0.724. The first-order chi connectivity index (χ1) is 6.09. The van der Waals surface area contributed by atoms with Crippen LogP contribution in [0.5, 0.6) is 0 Å². The maximum absolute atomic E-state index is 11.1. The van der Waals surface area contributed by atoms with Crippen LogP contribution in [0.3, 0.4) is 0 Å². The van der Waals surface area contributed by atoms with Gasteiger partial charge in [-0.25, -0.2) is 8.42 Å². The number of para-hydroxylation sites is 1. The predicted molar refractivity (Wildman–Crippen MR) is 49.3 cm³/mol. The van der Waals surface area contributed by atoms with Gasteiger partial charge in [0.1, 0.15) is 4.90 Å². The predicted octanol–water partition coefficient (Wildman–Crippen LogP) is 2.36. The monoisotopic (exact) mass is 216 g/mol. The van der Waals surface area contributed by atoms with Crippen molar-refractivity contribution in [2.75, 3.05) is 0 Å². The number of rotatable bonds is 1. The van der Waals surface area contributed by atoms with Crippen LogP contribution in [0.2, 0.25) is 0 Å². The van der Waals surface area contributed by atoms with Gasteiger partial charge in [0.15, 0.2) is 5.58 Å². The SMILES string of the molecule is O=S(=O)(Cl)c1cccc2ccoc12. The number of hydrogen-bond donors (Lipinski definition) is 0. The molecule has 0 fully saturated rings. The van der Waals surface area contributed by atoms with Gasteiger partial charge in [0.05, 0.1) is 6.26 Å². The van der Waals surface area contributed by atoms with Gasteiger partial charge in [0.25, 0.3) is 9.05 Å².